The van der Waals surface area contributed by atoms with Crippen LogP contribution in [0.4, 0.5) is 13.2 Å². The summed E-state index contributed by atoms with van der Waals surface area (Å²) in [5, 5.41) is 0.0302. The van der Waals surface area contributed by atoms with Crippen LogP contribution in [-0.4, -0.2) is 15.8 Å². The quantitative estimate of drug-likeness (QED) is 0.523. The van der Waals surface area contributed by atoms with Gasteiger partial charge in [0.15, 0.2) is 5.78 Å². The van der Waals surface area contributed by atoms with E-state index >= 15 is 0 Å². The topological polar surface area (TPSA) is 42.9 Å². The molecule has 0 bridgehead atoms. The van der Waals surface area contributed by atoms with Crippen LogP contribution in [0.2, 0.25) is 0 Å². The molecule has 24 heavy (non-hydrogen) atoms. The first-order valence-electron chi connectivity index (χ1n) is 7.04. The summed E-state index contributed by atoms with van der Waals surface area (Å²) in [6.07, 6.45) is 1.39. The van der Waals surface area contributed by atoms with Crippen molar-refractivity contribution in [1.29, 1.82) is 0 Å². The van der Waals surface area contributed by atoms with Gasteiger partial charge in [0.1, 0.15) is 0 Å². The number of rotatable bonds is 3. The molecule has 0 aliphatic carbocycles. The summed E-state index contributed by atoms with van der Waals surface area (Å²) in [5.41, 5.74) is 0.379. The zero-order valence-electron chi connectivity index (χ0n) is 12.3. The first-order valence-corrected chi connectivity index (χ1v) is 7.04. The van der Waals surface area contributed by atoms with Crippen molar-refractivity contribution < 1.29 is 18.0 Å². The van der Waals surface area contributed by atoms with E-state index in [9.17, 15) is 18.0 Å². The third-order valence-corrected chi connectivity index (χ3v) is 3.43. The van der Waals surface area contributed by atoms with Gasteiger partial charge in [-0.05, 0) is 42.5 Å². The Morgan fingerprint density at radius 2 is 1.75 bits per heavy atom. The fourth-order valence-corrected chi connectivity index (χ4v) is 2.28. The summed E-state index contributed by atoms with van der Waals surface area (Å²) in [5.74, 6) is -0.233. The van der Waals surface area contributed by atoms with E-state index in [1.807, 2.05) is 0 Å². The van der Waals surface area contributed by atoms with Crippen molar-refractivity contribution in [2.45, 2.75) is 6.18 Å². The molecule has 0 saturated heterocycles. The van der Waals surface area contributed by atoms with Crippen molar-refractivity contribution in [2.75, 3.05) is 0 Å². The van der Waals surface area contributed by atoms with Crippen LogP contribution in [0, 0.1) is 0 Å². The molecule has 0 unspecified atom stereocenters. The number of ketones is 1. The molecule has 0 saturated carbocycles. The molecule has 3 nitrogen and oxygen atoms in total. The van der Waals surface area contributed by atoms with Gasteiger partial charge in [-0.3, -0.25) is 9.78 Å². The molecule has 0 atom stereocenters. The lowest BCUT2D eigenvalue weighted by Gasteiger charge is -2.09. The van der Waals surface area contributed by atoms with E-state index in [4.69, 9.17) is 0 Å². The lowest BCUT2D eigenvalue weighted by Crippen LogP contribution is -2.05. The van der Waals surface area contributed by atoms with Gasteiger partial charge in [-0.1, -0.05) is 12.1 Å². The number of hydrogen-bond donors (Lipinski definition) is 0. The maximum absolute atomic E-state index is 13.0. The van der Waals surface area contributed by atoms with Gasteiger partial charge in [-0.15, -0.1) is 0 Å². The van der Waals surface area contributed by atoms with Crippen LogP contribution < -0.4 is 0 Å². The van der Waals surface area contributed by atoms with E-state index in [2.05, 4.69) is 9.97 Å². The van der Waals surface area contributed by atoms with Crippen molar-refractivity contribution in [1.82, 2.24) is 9.97 Å². The van der Waals surface area contributed by atoms with Gasteiger partial charge in [-0.25, -0.2) is 4.98 Å². The molecule has 0 amide bonds. The highest BCUT2D eigenvalue weighted by Gasteiger charge is 2.32. The molecule has 120 valence electrons. The van der Waals surface area contributed by atoms with E-state index in [-0.39, 0.29) is 16.7 Å². The van der Waals surface area contributed by atoms with Crippen LogP contribution in [0.25, 0.3) is 17.0 Å². The number of pyridine rings is 2. The highest BCUT2D eigenvalue weighted by molar-refractivity contribution is 6.06. The minimum atomic E-state index is -4.43. The molecule has 2 heterocycles. The predicted molar refractivity (Wildman–Crippen MR) is 84.3 cm³/mol. The van der Waals surface area contributed by atoms with Gasteiger partial charge in [0.25, 0.3) is 0 Å². The summed E-state index contributed by atoms with van der Waals surface area (Å²) >= 11 is 0. The largest absolute Gasteiger partial charge is 0.417 e. The number of aromatic nitrogens is 2. The van der Waals surface area contributed by atoms with Crippen molar-refractivity contribution in [2.24, 2.45) is 0 Å². The van der Waals surface area contributed by atoms with Gasteiger partial charge in [0.05, 0.1) is 16.8 Å². The Labute approximate surface area is 135 Å². The molecule has 0 radical (unpaired) electrons. The summed E-state index contributed by atoms with van der Waals surface area (Å²) in [6, 6.07) is 9.81. The lowest BCUT2D eigenvalue weighted by atomic mass is 10.1. The standard InChI is InChI=1S/C18H11F3N2O/c19-18(20,21)15-2-1-3-16-14(15)6-4-13(23-16)5-7-17(24)12-8-10-22-11-9-12/h1-11H/b7-5+. The van der Waals surface area contributed by atoms with Crippen molar-refractivity contribution >= 4 is 22.8 Å². The number of carbonyl (C=O) groups is 1. The molecule has 0 aliphatic heterocycles. The number of halogens is 3. The molecular formula is C18H11F3N2O. The van der Waals surface area contributed by atoms with Gasteiger partial charge < -0.3 is 0 Å². The molecule has 0 aliphatic rings. The van der Waals surface area contributed by atoms with Crippen LogP contribution in [0.3, 0.4) is 0 Å². The van der Waals surface area contributed by atoms with Crippen molar-refractivity contribution in [3.05, 3.63) is 77.8 Å². The second-order valence-electron chi connectivity index (χ2n) is 5.04. The summed E-state index contributed by atoms with van der Waals surface area (Å²) in [7, 11) is 0. The molecule has 3 rings (SSSR count). The van der Waals surface area contributed by atoms with Gasteiger partial charge in [-0.2, -0.15) is 13.2 Å². The monoisotopic (exact) mass is 328 g/mol. The van der Waals surface area contributed by atoms with Gasteiger partial charge in [0, 0.05) is 23.3 Å². The summed E-state index contributed by atoms with van der Waals surface area (Å²) < 4.78 is 38.9. The Kier molecular flexibility index (Phi) is 4.12. The van der Waals surface area contributed by atoms with Crippen LogP contribution in [0.5, 0.6) is 0 Å². The molecule has 0 N–H and O–H groups in total. The number of nitrogens with zero attached hydrogens (tertiary/aromatic N) is 2. The highest BCUT2D eigenvalue weighted by atomic mass is 19.4. The number of allylic oxidation sites excluding steroid dienone is 1. The maximum atomic E-state index is 13.0. The first-order chi connectivity index (χ1) is 11.4. The Bertz CT molecular complexity index is 918. The fourth-order valence-electron chi connectivity index (χ4n) is 2.28. The minimum Gasteiger partial charge on any atom is -0.289 e. The number of fused-ring (bicyclic) bond motifs is 1. The Balaban J connectivity index is 1.92. The molecule has 0 spiro atoms. The van der Waals surface area contributed by atoms with E-state index in [0.717, 1.165) is 6.07 Å². The second kappa shape index (κ2) is 6.23. The summed E-state index contributed by atoms with van der Waals surface area (Å²) in [4.78, 5) is 20.0. The normalized spacial score (nSPS) is 12.0. The zero-order chi connectivity index (χ0) is 17.2. The number of alkyl halides is 3. The molecule has 2 aromatic heterocycles. The van der Waals surface area contributed by atoms with Gasteiger partial charge in [0.2, 0.25) is 0 Å². The van der Waals surface area contributed by atoms with Gasteiger partial charge >= 0.3 is 6.18 Å². The third kappa shape index (κ3) is 3.32. The average molecular weight is 328 g/mol. The SMILES string of the molecule is O=C(/C=C/c1ccc2c(C(F)(F)F)cccc2n1)c1ccncc1. The summed E-state index contributed by atoms with van der Waals surface area (Å²) in [6.45, 7) is 0. The predicted octanol–water partition coefficient (Wildman–Crippen LogP) is 4.54. The maximum Gasteiger partial charge on any atom is 0.417 e. The third-order valence-electron chi connectivity index (χ3n) is 3.43. The van der Waals surface area contributed by atoms with Crippen LogP contribution >= 0.6 is 0 Å². The van der Waals surface area contributed by atoms with E-state index < -0.39 is 11.7 Å². The number of carbonyl (C=O) groups excluding carboxylic acids is 1. The average Bonchev–Trinajstić information content (AvgIpc) is 2.58. The zero-order valence-corrected chi connectivity index (χ0v) is 12.3. The van der Waals surface area contributed by atoms with Crippen LogP contribution in [0.15, 0.2) is 60.9 Å². The highest BCUT2D eigenvalue weighted by Crippen LogP contribution is 2.34. The lowest BCUT2D eigenvalue weighted by molar-refractivity contribution is -0.136. The number of benzene rings is 1. The Hall–Kier alpha value is -3.02. The van der Waals surface area contributed by atoms with Crippen LogP contribution in [0.1, 0.15) is 21.6 Å². The Morgan fingerprint density at radius 3 is 2.46 bits per heavy atom. The molecule has 1 aromatic carbocycles. The minimum absolute atomic E-state index is 0.0302. The number of hydrogen-bond acceptors (Lipinski definition) is 3. The Morgan fingerprint density at radius 1 is 1.00 bits per heavy atom. The van der Waals surface area contributed by atoms with E-state index in [1.54, 1.807) is 12.1 Å². The van der Waals surface area contributed by atoms with Crippen LogP contribution in [-0.2, 0) is 6.18 Å². The molecule has 0 fully saturated rings. The van der Waals surface area contributed by atoms with Crippen molar-refractivity contribution in [3.8, 4) is 0 Å². The molecular weight excluding hydrogens is 317 g/mol. The molecule has 6 heteroatoms. The van der Waals surface area contributed by atoms with Crippen molar-refractivity contribution in [3.63, 3.8) is 0 Å². The fraction of sp³-hybridized carbons (Fsp3) is 0.0556. The smallest absolute Gasteiger partial charge is 0.289 e. The molecule has 3 aromatic rings. The van der Waals surface area contributed by atoms with E-state index in [0.29, 0.717) is 11.3 Å². The van der Waals surface area contributed by atoms with E-state index in [1.165, 1.54) is 48.8 Å². The second-order valence-corrected chi connectivity index (χ2v) is 5.04. The first kappa shape index (κ1) is 15.9.